The molecule has 0 aliphatic rings. The summed E-state index contributed by atoms with van der Waals surface area (Å²) in [6.45, 7) is 1.87. The standard InChI is InChI=1S/C15H14N2O3S/c1-10-9-21-15(16-10)17-13(18)8-5-11-3-6-12(7-4-11)14(19)20-2/h3-9H,1-2H3,(H,16,17,18)/b8-5+. The fourth-order valence-corrected chi connectivity index (χ4v) is 2.27. The Hall–Kier alpha value is -2.47. The number of nitrogens with zero attached hydrogens (tertiary/aromatic N) is 1. The second kappa shape index (κ2) is 6.81. The number of esters is 1. The van der Waals surface area contributed by atoms with E-state index in [1.165, 1.54) is 24.5 Å². The minimum atomic E-state index is -0.387. The van der Waals surface area contributed by atoms with Gasteiger partial charge in [0, 0.05) is 11.5 Å². The lowest BCUT2D eigenvalue weighted by Gasteiger charge is -1.99. The zero-order valence-electron chi connectivity index (χ0n) is 11.6. The molecule has 1 aromatic heterocycles. The van der Waals surface area contributed by atoms with Gasteiger partial charge in [0.2, 0.25) is 5.91 Å². The molecule has 0 bridgehead atoms. The van der Waals surface area contributed by atoms with E-state index in [2.05, 4.69) is 15.0 Å². The largest absolute Gasteiger partial charge is 0.465 e. The van der Waals surface area contributed by atoms with Crippen molar-refractivity contribution in [1.82, 2.24) is 4.98 Å². The molecule has 6 heteroatoms. The van der Waals surface area contributed by atoms with Crippen LogP contribution in [0.2, 0.25) is 0 Å². The van der Waals surface area contributed by atoms with Crippen LogP contribution in [-0.4, -0.2) is 24.0 Å². The van der Waals surface area contributed by atoms with Crippen LogP contribution in [0.15, 0.2) is 35.7 Å². The van der Waals surface area contributed by atoms with Crippen LogP contribution >= 0.6 is 11.3 Å². The van der Waals surface area contributed by atoms with E-state index in [-0.39, 0.29) is 11.9 Å². The maximum Gasteiger partial charge on any atom is 0.337 e. The summed E-state index contributed by atoms with van der Waals surface area (Å²) in [6, 6.07) is 6.77. The molecule has 1 heterocycles. The highest BCUT2D eigenvalue weighted by atomic mass is 32.1. The van der Waals surface area contributed by atoms with Gasteiger partial charge in [-0.1, -0.05) is 12.1 Å². The summed E-state index contributed by atoms with van der Waals surface area (Å²) in [6.07, 6.45) is 3.08. The summed E-state index contributed by atoms with van der Waals surface area (Å²) in [5.41, 5.74) is 2.16. The Balaban J connectivity index is 1.97. The van der Waals surface area contributed by atoms with Crippen molar-refractivity contribution in [2.75, 3.05) is 12.4 Å². The van der Waals surface area contributed by atoms with Crippen LogP contribution in [0.4, 0.5) is 5.13 Å². The number of thiazole rings is 1. The lowest BCUT2D eigenvalue weighted by molar-refractivity contribution is -0.111. The summed E-state index contributed by atoms with van der Waals surface area (Å²) in [7, 11) is 1.33. The van der Waals surface area contributed by atoms with Crippen molar-refractivity contribution in [2.45, 2.75) is 6.92 Å². The molecule has 1 aromatic carbocycles. The van der Waals surface area contributed by atoms with Crippen molar-refractivity contribution >= 4 is 34.4 Å². The number of aryl methyl sites for hydroxylation is 1. The Labute approximate surface area is 126 Å². The topological polar surface area (TPSA) is 68.3 Å². The maximum atomic E-state index is 11.7. The molecule has 1 amide bonds. The van der Waals surface area contributed by atoms with E-state index >= 15 is 0 Å². The fourth-order valence-electron chi connectivity index (χ4n) is 1.58. The Kier molecular flexibility index (Phi) is 4.84. The molecule has 0 radical (unpaired) electrons. The van der Waals surface area contributed by atoms with E-state index in [4.69, 9.17) is 0 Å². The molecule has 1 N–H and O–H groups in total. The van der Waals surface area contributed by atoms with Crippen LogP contribution < -0.4 is 5.32 Å². The van der Waals surface area contributed by atoms with Gasteiger partial charge >= 0.3 is 5.97 Å². The van der Waals surface area contributed by atoms with Crippen molar-refractivity contribution in [3.63, 3.8) is 0 Å². The predicted molar refractivity (Wildman–Crippen MR) is 82.3 cm³/mol. The first-order valence-electron chi connectivity index (χ1n) is 6.18. The molecule has 2 rings (SSSR count). The molecule has 108 valence electrons. The summed E-state index contributed by atoms with van der Waals surface area (Å²) < 4.78 is 4.62. The summed E-state index contributed by atoms with van der Waals surface area (Å²) in [5, 5.41) is 5.12. The molecule has 0 fully saturated rings. The number of aromatic nitrogens is 1. The number of methoxy groups -OCH3 is 1. The number of carbonyl (C=O) groups excluding carboxylic acids is 2. The van der Waals surface area contributed by atoms with E-state index in [0.717, 1.165) is 11.3 Å². The van der Waals surface area contributed by atoms with Crippen molar-refractivity contribution in [3.05, 3.63) is 52.5 Å². The number of nitrogens with one attached hydrogen (secondary N) is 1. The first kappa shape index (κ1) is 14.9. The Morgan fingerprint density at radius 2 is 2.00 bits per heavy atom. The summed E-state index contributed by atoms with van der Waals surface area (Å²) in [5.74, 6) is -0.635. The van der Waals surface area contributed by atoms with Gasteiger partial charge in [-0.25, -0.2) is 9.78 Å². The number of carbonyl (C=O) groups is 2. The van der Waals surface area contributed by atoms with Crippen LogP contribution in [0.25, 0.3) is 6.08 Å². The van der Waals surface area contributed by atoms with E-state index in [1.54, 1.807) is 30.3 Å². The predicted octanol–water partition coefficient (Wildman–Crippen LogP) is 2.89. The van der Waals surface area contributed by atoms with Gasteiger partial charge in [0.05, 0.1) is 18.4 Å². The molecule has 0 unspecified atom stereocenters. The van der Waals surface area contributed by atoms with Crippen LogP contribution in [0.5, 0.6) is 0 Å². The Morgan fingerprint density at radius 1 is 1.29 bits per heavy atom. The van der Waals surface area contributed by atoms with Crippen molar-refractivity contribution < 1.29 is 14.3 Å². The lowest BCUT2D eigenvalue weighted by atomic mass is 10.1. The summed E-state index contributed by atoms with van der Waals surface area (Å²) in [4.78, 5) is 27.1. The second-order valence-corrected chi connectivity index (χ2v) is 5.09. The highest BCUT2D eigenvalue weighted by Crippen LogP contribution is 2.14. The van der Waals surface area contributed by atoms with E-state index in [1.807, 2.05) is 12.3 Å². The minimum Gasteiger partial charge on any atom is -0.465 e. The highest BCUT2D eigenvalue weighted by molar-refractivity contribution is 7.13. The molecule has 0 saturated heterocycles. The number of rotatable bonds is 4. The molecule has 5 nitrogen and oxygen atoms in total. The van der Waals surface area contributed by atoms with Crippen molar-refractivity contribution in [1.29, 1.82) is 0 Å². The average molecular weight is 302 g/mol. The number of hydrogen-bond donors (Lipinski definition) is 1. The van der Waals surface area contributed by atoms with Gasteiger partial charge in [-0.15, -0.1) is 11.3 Å². The molecular weight excluding hydrogens is 288 g/mol. The van der Waals surface area contributed by atoms with Crippen LogP contribution in [0, 0.1) is 6.92 Å². The third-order valence-electron chi connectivity index (χ3n) is 2.61. The van der Waals surface area contributed by atoms with Gasteiger partial charge in [0.1, 0.15) is 0 Å². The molecule has 0 saturated carbocycles. The minimum absolute atomic E-state index is 0.249. The smallest absolute Gasteiger partial charge is 0.337 e. The van der Waals surface area contributed by atoms with Crippen LogP contribution in [0.3, 0.4) is 0 Å². The van der Waals surface area contributed by atoms with Crippen LogP contribution in [0.1, 0.15) is 21.6 Å². The van der Waals surface area contributed by atoms with Gasteiger partial charge in [0.25, 0.3) is 0 Å². The van der Waals surface area contributed by atoms with Crippen LogP contribution in [-0.2, 0) is 9.53 Å². The van der Waals surface area contributed by atoms with E-state index < -0.39 is 0 Å². The molecule has 0 atom stereocenters. The van der Waals surface area contributed by atoms with Gasteiger partial charge in [0.15, 0.2) is 5.13 Å². The van der Waals surface area contributed by atoms with Gasteiger partial charge in [-0.2, -0.15) is 0 Å². The normalized spacial score (nSPS) is 10.6. The van der Waals surface area contributed by atoms with Gasteiger partial charge in [-0.05, 0) is 30.7 Å². The van der Waals surface area contributed by atoms with Crippen molar-refractivity contribution in [2.24, 2.45) is 0 Å². The fraction of sp³-hybridized carbons (Fsp3) is 0.133. The SMILES string of the molecule is COC(=O)c1ccc(/C=C/C(=O)Nc2nc(C)cs2)cc1. The number of ether oxygens (including phenoxy) is 1. The van der Waals surface area contributed by atoms with Gasteiger partial charge < -0.3 is 4.74 Å². The quantitative estimate of drug-likeness (QED) is 0.696. The maximum absolute atomic E-state index is 11.7. The van der Waals surface area contributed by atoms with E-state index in [0.29, 0.717) is 10.7 Å². The zero-order chi connectivity index (χ0) is 15.2. The van der Waals surface area contributed by atoms with Crippen molar-refractivity contribution in [3.8, 4) is 0 Å². The lowest BCUT2D eigenvalue weighted by Crippen LogP contribution is -2.07. The Bertz CT molecular complexity index is 674. The van der Waals surface area contributed by atoms with E-state index in [9.17, 15) is 9.59 Å². The third-order valence-corrected chi connectivity index (χ3v) is 3.48. The number of hydrogen-bond acceptors (Lipinski definition) is 5. The Morgan fingerprint density at radius 3 is 2.57 bits per heavy atom. The van der Waals surface area contributed by atoms with Gasteiger partial charge in [-0.3, -0.25) is 10.1 Å². The first-order chi connectivity index (χ1) is 10.1. The molecular formula is C15H14N2O3S. The molecule has 21 heavy (non-hydrogen) atoms. The number of amides is 1. The monoisotopic (exact) mass is 302 g/mol. The average Bonchev–Trinajstić information content (AvgIpc) is 2.90. The molecule has 0 aliphatic carbocycles. The summed E-state index contributed by atoms with van der Waals surface area (Å²) >= 11 is 1.38. The molecule has 0 aliphatic heterocycles. The molecule has 0 spiro atoms. The second-order valence-electron chi connectivity index (χ2n) is 4.23. The zero-order valence-corrected chi connectivity index (χ0v) is 12.4. The first-order valence-corrected chi connectivity index (χ1v) is 7.06. The molecule has 2 aromatic rings. The highest BCUT2D eigenvalue weighted by Gasteiger charge is 2.04. The number of benzene rings is 1. The third kappa shape index (κ3) is 4.25. The number of anilines is 1.